The molecular formula is C24H29FN8O. The molecule has 2 aromatic carbocycles. The summed E-state index contributed by atoms with van der Waals surface area (Å²) in [5.74, 6) is 0.554. The Kier molecular flexibility index (Phi) is 6.51. The molecule has 3 N–H and O–H groups in total. The molecule has 9 nitrogen and oxygen atoms in total. The predicted octanol–water partition coefficient (Wildman–Crippen LogP) is 3.50. The van der Waals surface area contributed by atoms with Gasteiger partial charge in [0.15, 0.2) is 5.82 Å². The number of halogens is 1. The molecule has 0 atom stereocenters. The molecule has 0 spiro atoms. The van der Waals surface area contributed by atoms with E-state index in [2.05, 4.69) is 30.2 Å². The van der Waals surface area contributed by atoms with Crippen molar-refractivity contribution in [3.05, 3.63) is 48.5 Å². The van der Waals surface area contributed by atoms with Gasteiger partial charge in [0.1, 0.15) is 11.3 Å². The minimum absolute atomic E-state index is 0.328. The van der Waals surface area contributed by atoms with Crippen LogP contribution in [-0.4, -0.2) is 66.0 Å². The van der Waals surface area contributed by atoms with Crippen LogP contribution in [0.1, 0.15) is 0 Å². The Hall–Kier alpha value is -3.92. The lowest BCUT2D eigenvalue weighted by Crippen LogP contribution is -2.29. The van der Waals surface area contributed by atoms with Crippen LogP contribution in [0.25, 0.3) is 22.2 Å². The quantitative estimate of drug-likeness (QED) is 0.383. The van der Waals surface area contributed by atoms with Gasteiger partial charge >= 0.3 is 0 Å². The molecule has 0 unspecified atom stereocenters. The predicted molar refractivity (Wildman–Crippen MR) is 134 cm³/mol. The first kappa shape index (κ1) is 23.2. The van der Waals surface area contributed by atoms with Crippen molar-refractivity contribution in [3.63, 3.8) is 0 Å². The van der Waals surface area contributed by atoms with Gasteiger partial charge in [0, 0.05) is 56.6 Å². The topological polar surface area (TPSA) is 97.4 Å². The van der Waals surface area contributed by atoms with Crippen LogP contribution in [0.2, 0.25) is 0 Å². The minimum Gasteiger partial charge on any atom is -0.494 e. The highest BCUT2D eigenvalue weighted by molar-refractivity contribution is 5.84. The van der Waals surface area contributed by atoms with Gasteiger partial charge in [-0.2, -0.15) is 5.10 Å². The number of rotatable bonds is 8. The number of aryl methyl sites for hydroxylation is 1. The lowest BCUT2D eigenvalue weighted by atomic mass is 10.1. The molecule has 0 aliphatic heterocycles. The van der Waals surface area contributed by atoms with E-state index in [4.69, 9.17) is 10.5 Å². The lowest BCUT2D eigenvalue weighted by Gasteiger charge is -2.24. The Bertz CT molecular complexity index is 1320. The van der Waals surface area contributed by atoms with Crippen molar-refractivity contribution in [2.75, 3.05) is 57.3 Å². The summed E-state index contributed by atoms with van der Waals surface area (Å²) in [4.78, 5) is 13.1. The Labute approximate surface area is 198 Å². The van der Waals surface area contributed by atoms with E-state index >= 15 is 0 Å². The van der Waals surface area contributed by atoms with Crippen LogP contribution in [0.15, 0.2) is 42.7 Å². The average Bonchev–Trinajstić information content (AvgIpc) is 3.18. The number of anilines is 4. The van der Waals surface area contributed by atoms with E-state index in [0.29, 0.717) is 45.2 Å². The number of hydrogen-bond donors (Lipinski definition) is 2. The largest absolute Gasteiger partial charge is 0.494 e. The molecule has 178 valence electrons. The third-order valence-electron chi connectivity index (χ3n) is 5.52. The van der Waals surface area contributed by atoms with Gasteiger partial charge in [-0.05, 0) is 38.4 Å². The van der Waals surface area contributed by atoms with E-state index in [9.17, 15) is 4.39 Å². The second-order valence-corrected chi connectivity index (χ2v) is 8.43. The van der Waals surface area contributed by atoms with Crippen molar-refractivity contribution in [2.45, 2.75) is 0 Å². The highest BCUT2D eigenvalue weighted by Crippen LogP contribution is 2.36. The monoisotopic (exact) mass is 464 g/mol. The smallest absolute Gasteiger partial charge is 0.227 e. The fourth-order valence-corrected chi connectivity index (χ4v) is 3.71. The van der Waals surface area contributed by atoms with Crippen LogP contribution in [0.3, 0.4) is 0 Å². The zero-order valence-electron chi connectivity index (χ0n) is 20.0. The fourth-order valence-electron chi connectivity index (χ4n) is 3.71. The van der Waals surface area contributed by atoms with Gasteiger partial charge in [-0.25, -0.2) is 14.4 Å². The number of methoxy groups -OCH3 is 1. The summed E-state index contributed by atoms with van der Waals surface area (Å²) in [7, 11) is 9.41. The molecule has 2 aromatic heterocycles. The molecule has 0 saturated heterocycles. The summed E-state index contributed by atoms with van der Waals surface area (Å²) >= 11 is 0. The second-order valence-electron chi connectivity index (χ2n) is 8.43. The van der Waals surface area contributed by atoms with Crippen molar-refractivity contribution in [1.29, 1.82) is 0 Å². The third-order valence-corrected chi connectivity index (χ3v) is 5.52. The van der Waals surface area contributed by atoms with Crippen molar-refractivity contribution < 1.29 is 9.13 Å². The first-order chi connectivity index (χ1) is 16.2. The maximum atomic E-state index is 14.6. The van der Waals surface area contributed by atoms with E-state index in [1.54, 1.807) is 43.4 Å². The summed E-state index contributed by atoms with van der Waals surface area (Å²) in [6, 6.07) is 8.71. The molecule has 0 aliphatic carbocycles. The van der Waals surface area contributed by atoms with Crippen LogP contribution < -0.4 is 20.7 Å². The molecule has 0 fully saturated rings. The number of nitrogens with two attached hydrogens (primary N) is 1. The van der Waals surface area contributed by atoms with E-state index in [0.717, 1.165) is 18.8 Å². The van der Waals surface area contributed by atoms with E-state index in [-0.39, 0.29) is 0 Å². The van der Waals surface area contributed by atoms with Crippen LogP contribution in [0.4, 0.5) is 27.4 Å². The molecule has 0 saturated carbocycles. The van der Waals surface area contributed by atoms with Crippen molar-refractivity contribution in [1.82, 2.24) is 24.6 Å². The van der Waals surface area contributed by atoms with Crippen LogP contribution in [0.5, 0.6) is 5.75 Å². The number of ether oxygens (including phenoxy) is 1. The van der Waals surface area contributed by atoms with Gasteiger partial charge in [0.05, 0.1) is 29.9 Å². The standard InChI is InChI=1S/C24H29FN8O/c1-31(2)8-9-32(3)21-13-22(34-5)20(12-18(21)26)29-24-27-7-6-19(28-24)15-10-16-14-33(4)30-23(16)17(25)11-15/h6-7,10-14H,8-9,26H2,1-5H3,(H,27,28,29). The fraction of sp³-hybridized carbons (Fsp3) is 0.292. The Morgan fingerprint density at radius 2 is 1.94 bits per heavy atom. The normalized spacial score (nSPS) is 11.3. The summed E-state index contributed by atoms with van der Waals surface area (Å²) in [6.07, 6.45) is 3.39. The van der Waals surface area contributed by atoms with Crippen molar-refractivity contribution in [3.8, 4) is 17.0 Å². The summed E-state index contributed by atoms with van der Waals surface area (Å²) in [6.45, 7) is 1.71. The van der Waals surface area contributed by atoms with Crippen LogP contribution in [0, 0.1) is 5.82 Å². The number of nitrogens with one attached hydrogen (secondary N) is 1. The lowest BCUT2D eigenvalue weighted by molar-refractivity contribution is 0.413. The molecule has 4 rings (SSSR count). The van der Waals surface area contributed by atoms with Gasteiger partial charge in [-0.3, -0.25) is 4.68 Å². The molecule has 34 heavy (non-hydrogen) atoms. The summed E-state index contributed by atoms with van der Waals surface area (Å²) in [5, 5.41) is 8.04. The van der Waals surface area contributed by atoms with Gasteiger partial charge in [0.2, 0.25) is 5.95 Å². The number of hydrogen-bond acceptors (Lipinski definition) is 8. The van der Waals surface area contributed by atoms with Crippen LogP contribution >= 0.6 is 0 Å². The zero-order valence-corrected chi connectivity index (χ0v) is 20.0. The maximum Gasteiger partial charge on any atom is 0.227 e. The highest BCUT2D eigenvalue weighted by Gasteiger charge is 2.15. The van der Waals surface area contributed by atoms with Crippen LogP contribution in [-0.2, 0) is 7.05 Å². The number of aromatic nitrogens is 4. The molecule has 0 amide bonds. The number of benzene rings is 2. The first-order valence-electron chi connectivity index (χ1n) is 10.8. The molecule has 0 bridgehead atoms. The minimum atomic E-state index is -0.398. The molecule has 4 aromatic rings. The number of nitrogens with zero attached hydrogens (tertiary/aromatic N) is 6. The van der Waals surface area contributed by atoms with Gasteiger partial charge in [0.25, 0.3) is 0 Å². The first-order valence-corrected chi connectivity index (χ1v) is 10.8. The number of fused-ring (bicyclic) bond motifs is 1. The molecule has 2 heterocycles. The van der Waals surface area contributed by atoms with E-state index in [1.165, 1.54) is 6.07 Å². The second kappa shape index (κ2) is 9.52. The number of nitrogen functional groups attached to an aromatic ring is 1. The number of likely N-dealkylation sites (N-methyl/N-ethyl adjacent to an activating group) is 2. The highest BCUT2D eigenvalue weighted by atomic mass is 19.1. The van der Waals surface area contributed by atoms with Gasteiger partial charge < -0.3 is 25.6 Å². The molecule has 0 aliphatic rings. The molecule has 10 heteroatoms. The van der Waals surface area contributed by atoms with Gasteiger partial charge in [-0.1, -0.05) is 0 Å². The zero-order chi connectivity index (χ0) is 24.4. The summed E-state index contributed by atoms with van der Waals surface area (Å²) < 4.78 is 21.8. The third kappa shape index (κ3) is 4.86. The van der Waals surface area contributed by atoms with Crippen molar-refractivity contribution >= 4 is 33.9 Å². The van der Waals surface area contributed by atoms with E-state index < -0.39 is 5.82 Å². The van der Waals surface area contributed by atoms with Gasteiger partial charge in [-0.15, -0.1) is 0 Å². The van der Waals surface area contributed by atoms with Crippen molar-refractivity contribution in [2.24, 2.45) is 7.05 Å². The molecular weight excluding hydrogens is 435 g/mol. The maximum absolute atomic E-state index is 14.6. The average molecular weight is 465 g/mol. The summed E-state index contributed by atoms with van der Waals surface area (Å²) in [5.41, 5.74) is 10.0. The Morgan fingerprint density at radius 1 is 1.15 bits per heavy atom. The SMILES string of the molecule is COc1cc(N(C)CCN(C)C)c(N)cc1Nc1nccc(-c2cc(F)c3nn(C)cc3c2)n1. The molecule has 0 radical (unpaired) electrons. The van der Waals surface area contributed by atoms with E-state index in [1.807, 2.05) is 33.3 Å². The Morgan fingerprint density at radius 3 is 2.68 bits per heavy atom. The Balaban J connectivity index is 1.62.